The number of rotatable bonds is 2. The molecule has 70 valence electrons. The Labute approximate surface area is 88.2 Å². The maximum atomic E-state index is 10.6. The van der Waals surface area contributed by atoms with Gasteiger partial charge in [-0.1, -0.05) is 11.6 Å². The molecule has 0 heterocycles. The zero-order chi connectivity index (χ0) is 10.0. The van der Waals surface area contributed by atoms with Crippen LogP contribution in [0.1, 0.15) is 0 Å². The first-order valence-corrected chi connectivity index (χ1v) is 4.55. The molecule has 0 amide bonds. The van der Waals surface area contributed by atoms with Gasteiger partial charge < -0.3 is 5.32 Å². The molecule has 0 fully saturated rings. The second kappa shape index (κ2) is 3.93. The first-order chi connectivity index (χ1) is 6.07. The smallest absolute Gasteiger partial charge is 0.311 e. The van der Waals surface area contributed by atoms with E-state index >= 15 is 0 Å². The summed E-state index contributed by atoms with van der Waals surface area (Å²) in [4.78, 5) is 10.1. The molecule has 13 heavy (non-hydrogen) atoms. The predicted octanol–water partition coefficient (Wildman–Crippen LogP) is 3.05. The fourth-order valence-electron chi connectivity index (χ4n) is 0.920. The van der Waals surface area contributed by atoms with Gasteiger partial charge in [0.15, 0.2) is 0 Å². The van der Waals surface area contributed by atoms with Crippen LogP contribution in [0, 0.1) is 10.1 Å². The van der Waals surface area contributed by atoms with Crippen LogP contribution in [0.15, 0.2) is 16.6 Å². The van der Waals surface area contributed by atoms with Crippen molar-refractivity contribution in [2.75, 3.05) is 12.4 Å². The second-order valence-corrected chi connectivity index (χ2v) is 3.50. The minimum atomic E-state index is -0.515. The predicted molar refractivity (Wildman–Crippen MR) is 55.4 cm³/mol. The Morgan fingerprint density at radius 3 is 2.69 bits per heavy atom. The van der Waals surface area contributed by atoms with Crippen LogP contribution in [-0.2, 0) is 0 Å². The van der Waals surface area contributed by atoms with E-state index in [9.17, 15) is 10.1 Å². The summed E-state index contributed by atoms with van der Waals surface area (Å²) in [7, 11) is 1.60. The summed E-state index contributed by atoms with van der Waals surface area (Å²) < 4.78 is 0.514. The fraction of sp³-hybridized carbons (Fsp3) is 0.143. The number of benzene rings is 1. The molecule has 1 rings (SSSR count). The highest BCUT2D eigenvalue weighted by Gasteiger charge is 2.19. The molecule has 4 nitrogen and oxygen atoms in total. The Balaban J connectivity index is 3.41. The van der Waals surface area contributed by atoms with Crippen molar-refractivity contribution in [3.8, 4) is 0 Å². The van der Waals surface area contributed by atoms with E-state index < -0.39 is 4.92 Å². The van der Waals surface area contributed by atoms with Gasteiger partial charge in [0.05, 0.1) is 4.92 Å². The summed E-state index contributed by atoms with van der Waals surface area (Å²) in [6.45, 7) is 0. The molecule has 0 saturated carbocycles. The molecule has 1 aromatic rings. The zero-order valence-electron chi connectivity index (χ0n) is 6.67. The van der Waals surface area contributed by atoms with Gasteiger partial charge in [-0.25, -0.2) is 0 Å². The summed E-state index contributed by atoms with van der Waals surface area (Å²) in [5, 5.41) is 13.4. The number of hydrogen-bond acceptors (Lipinski definition) is 3. The standard InChI is InChI=1S/C7H6BrClN2O2/c1-10-5-3-2-4(8)6(9)7(5)11(12)13/h2-3,10H,1H3. The maximum absolute atomic E-state index is 10.6. The van der Waals surface area contributed by atoms with E-state index in [0.717, 1.165) is 0 Å². The number of nitro groups is 1. The highest BCUT2D eigenvalue weighted by Crippen LogP contribution is 2.37. The minimum Gasteiger partial charge on any atom is -0.383 e. The highest BCUT2D eigenvalue weighted by molar-refractivity contribution is 9.10. The summed E-state index contributed by atoms with van der Waals surface area (Å²) >= 11 is 8.86. The third kappa shape index (κ3) is 1.92. The summed E-state index contributed by atoms with van der Waals surface area (Å²) in [6, 6.07) is 3.25. The lowest BCUT2D eigenvalue weighted by molar-refractivity contribution is -0.383. The van der Waals surface area contributed by atoms with Crippen molar-refractivity contribution in [3.05, 3.63) is 31.7 Å². The van der Waals surface area contributed by atoms with Gasteiger partial charge in [0.25, 0.3) is 0 Å². The Morgan fingerprint density at radius 1 is 1.62 bits per heavy atom. The number of anilines is 1. The van der Waals surface area contributed by atoms with Crippen molar-refractivity contribution in [3.63, 3.8) is 0 Å². The molecule has 0 atom stereocenters. The number of nitrogens with zero attached hydrogens (tertiary/aromatic N) is 1. The third-order valence-corrected chi connectivity index (χ3v) is 2.79. The van der Waals surface area contributed by atoms with Gasteiger partial charge in [-0.3, -0.25) is 10.1 Å². The summed E-state index contributed by atoms with van der Waals surface area (Å²) in [6.07, 6.45) is 0. The third-order valence-electron chi connectivity index (χ3n) is 1.52. The van der Waals surface area contributed by atoms with Crippen molar-refractivity contribution in [2.45, 2.75) is 0 Å². The quantitative estimate of drug-likeness (QED) is 0.660. The van der Waals surface area contributed by atoms with E-state index in [1.54, 1.807) is 19.2 Å². The Morgan fingerprint density at radius 2 is 2.23 bits per heavy atom. The largest absolute Gasteiger partial charge is 0.383 e. The topological polar surface area (TPSA) is 55.2 Å². The van der Waals surface area contributed by atoms with Gasteiger partial charge in [0.2, 0.25) is 0 Å². The molecule has 0 aliphatic rings. The molecular formula is C7H6BrClN2O2. The average molecular weight is 265 g/mol. The van der Waals surface area contributed by atoms with Crippen LogP contribution in [0.4, 0.5) is 11.4 Å². The van der Waals surface area contributed by atoms with Crippen LogP contribution >= 0.6 is 27.5 Å². The molecule has 0 saturated heterocycles. The molecule has 1 aromatic carbocycles. The highest BCUT2D eigenvalue weighted by atomic mass is 79.9. The van der Waals surface area contributed by atoms with E-state index in [2.05, 4.69) is 21.2 Å². The van der Waals surface area contributed by atoms with E-state index in [1.807, 2.05) is 0 Å². The van der Waals surface area contributed by atoms with E-state index in [0.29, 0.717) is 10.2 Å². The van der Waals surface area contributed by atoms with Crippen LogP contribution in [0.25, 0.3) is 0 Å². The van der Waals surface area contributed by atoms with Gasteiger partial charge >= 0.3 is 5.69 Å². The van der Waals surface area contributed by atoms with Crippen molar-refractivity contribution >= 4 is 38.9 Å². The Kier molecular flexibility index (Phi) is 3.11. The normalized spacial score (nSPS) is 9.77. The number of hydrogen-bond donors (Lipinski definition) is 1. The lowest BCUT2D eigenvalue weighted by atomic mass is 10.2. The van der Waals surface area contributed by atoms with Crippen LogP contribution in [0.2, 0.25) is 5.02 Å². The van der Waals surface area contributed by atoms with Gasteiger partial charge in [-0.15, -0.1) is 0 Å². The van der Waals surface area contributed by atoms with Crippen molar-refractivity contribution in [2.24, 2.45) is 0 Å². The van der Waals surface area contributed by atoms with Crippen LogP contribution in [0.5, 0.6) is 0 Å². The molecule has 6 heteroatoms. The molecule has 0 aliphatic carbocycles. The molecule has 1 N–H and O–H groups in total. The Bertz CT molecular complexity index is 357. The molecular weight excluding hydrogens is 259 g/mol. The fourth-order valence-corrected chi connectivity index (χ4v) is 1.47. The number of nitrogens with one attached hydrogen (secondary N) is 1. The number of halogens is 2. The monoisotopic (exact) mass is 264 g/mol. The lowest BCUT2D eigenvalue weighted by Crippen LogP contribution is -1.97. The van der Waals surface area contributed by atoms with Crippen LogP contribution in [0.3, 0.4) is 0 Å². The molecule has 0 bridgehead atoms. The van der Waals surface area contributed by atoms with E-state index in [-0.39, 0.29) is 10.7 Å². The van der Waals surface area contributed by atoms with Crippen molar-refractivity contribution < 1.29 is 4.92 Å². The summed E-state index contributed by atoms with van der Waals surface area (Å²) in [5.74, 6) is 0. The van der Waals surface area contributed by atoms with Gasteiger partial charge in [0.1, 0.15) is 10.7 Å². The Hall–Kier alpha value is -0.810. The molecule has 0 radical (unpaired) electrons. The first-order valence-electron chi connectivity index (χ1n) is 3.38. The van der Waals surface area contributed by atoms with Crippen molar-refractivity contribution in [1.82, 2.24) is 0 Å². The van der Waals surface area contributed by atoms with Crippen LogP contribution < -0.4 is 5.32 Å². The molecule has 0 unspecified atom stereocenters. The molecule has 0 spiro atoms. The molecule has 0 aromatic heterocycles. The van der Waals surface area contributed by atoms with Crippen molar-refractivity contribution in [1.29, 1.82) is 0 Å². The van der Waals surface area contributed by atoms with E-state index in [1.165, 1.54) is 0 Å². The van der Waals surface area contributed by atoms with Gasteiger partial charge in [0, 0.05) is 11.5 Å². The first kappa shape index (κ1) is 10.3. The molecule has 0 aliphatic heterocycles. The zero-order valence-corrected chi connectivity index (χ0v) is 9.02. The van der Waals surface area contributed by atoms with E-state index in [4.69, 9.17) is 11.6 Å². The maximum Gasteiger partial charge on any atom is 0.311 e. The van der Waals surface area contributed by atoms with Gasteiger partial charge in [-0.05, 0) is 28.1 Å². The average Bonchev–Trinajstić information content (AvgIpc) is 2.08. The SMILES string of the molecule is CNc1ccc(Br)c(Cl)c1[N+](=O)[O-]. The van der Waals surface area contributed by atoms with Gasteiger partial charge in [-0.2, -0.15) is 0 Å². The number of nitro benzene ring substituents is 1. The summed E-state index contributed by atoms with van der Waals surface area (Å²) in [5.41, 5.74) is 0.289. The minimum absolute atomic E-state index is 0.108. The lowest BCUT2D eigenvalue weighted by Gasteiger charge is -2.04. The second-order valence-electron chi connectivity index (χ2n) is 2.26. The van der Waals surface area contributed by atoms with Crippen LogP contribution in [-0.4, -0.2) is 12.0 Å².